The van der Waals surface area contributed by atoms with E-state index in [4.69, 9.17) is 23.7 Å². The maximum Gasteiger partial charge on any atom is 0.302 e. The molecule has 0 radical (unpaired) electrons. The zero-order chi connectivity index (χ0) is 28.0. The van der Waals surface area contributed by atoms with E-state index in [-0.39, 0.29) is 65.0 Å². The first-order chi connectivity index (χ1) is 19.3. The maximum atomic E-state index is 12.8. The predicted molar refractivity (Wildman–Crippen MR) is 149 cm³/mol. The van der Waals surface area contributed by atoms with Gasteiger partial charge in [-0.05, 0) is 42.7 Å². The van der Waals surface area contributed by atoms with Crippen LogP contribution in [0.5, 0.6) is 0 Å². The van der Waals surface area contributed by atoms with Crippen molar-refractivity contribution in [2.24, 2.45) is 40.4 Å². The second-order valence-electron chi connectivity index (χ2n) is 13.9. The number of benzene rings is 1. The summed E-state index contributed by atoms with van der Waals surface area (Å²) in [5, 5.41) is 0. The first kappa shape index (κ1) is 27.3. The Hall–Kier alpha value is -1.51. The molecule has 5 saturated carbocycles. The number of esters is 1. The third-order valence-electron chi connectivity index (χ3n) is 12.8. The van der Waals surface area contributed by atoms with E-state index in [1.54, 1.807) is 6.92 Å². The average molecular weight is 554 g/mol. The number of hydrogen-bond acceptors (Lipinski definition) is 7. The minimum atomic E-state index is -0.510. The summed E-state index contributed by atoms with van der Waals surface area (Å²) in [5.41, 5.74) is 0.595. The van der Waals surface area contributed by atoms with Crippen LogP contribution in [0.2, 0.25) is 0 Å². The molecule has 220 valence electrons. The summed E-state index contributed by atoms with van der Waals surface area (Å²) in [6, 6.07) is 10.7. The van der Waals surface area contributed by atoms with E-state index in [0.29, 0.717) is 18.4 Å². The van der Waals surface area contributed by atoms with Crippen LogP contribution in [0.3, 0.4) is 0 Å². The van der Waals surface area contributed by atoms with Crippen molar-refractivity contribution in [3.8, 4) is 0 Å². The molecule has 40 heavy (non-hydrogen) atoms. The van der Waals surface area contributed by atoms with Crippen LogP contribution in [0.15, 0.2) is 30.3 Å². The van der Waals surface area contributed by atoms with Gasteiger partial charge >= 0.3 is 5.97 Å². The molecule has 1 aliphatic heterocycles. The number of carbonyl (C=O) groups is 1. The summed E-state index contributed by atoms with van der Waals surface area (Å²) >= 11 is 0. The lowest BCUT2D eigenvalue weighted by molar-refractivity contribution is -0.280. The summed E-state index contributed by atoms with van der Waals surface area (Å²) in [6.45, 7) is 8.91. The van der Waals surface area contributed by atoms with Crippen molar-refractivity contribution < 1.29 is 28.5 Å². The number of rotatable bonds is 8. The van der Waals surface area contributed by atoms with Crippen molar-refractivity contribution in [3.05, 3.63) is 35.9 Å². The Labute approximate surface area is 239 Å². The number of carbonyl (C=O) groups excluding carboxylic acids is 1. The molecule has 1 aromatic carbocycles. The van der Waals surface area contributed by atoms with E-state index in [0.717, 1.165) is 38.8 Å². The van der Waals surface area contributed by atoms with Crippen LogP contribution >= 0.6 is 0 Å². The highest BCUT2D eigenvalue weighted by molar-refractivity contribution is 5.66. The lowest BCUT2D eigenvalue weighted by Gasteiger charge is -2.69. The van der Waals surface area contributed by atoms with E-state index < -0.39 is 5.60 Å². The molecule has 1 heterocycles. The number of likely N-dealkylation sites (tertiary alicyclic amines) is 1. The van der Waals surface area contributed by atoms with Crippen LogP contribution in [-0.2, 0) is 35.1 Å². The van der Waals surface area contributed by atoms with Crippen LogP contribution in [0.1, 0.15) is 52.0 Å². The van der Waals surface area contributed by atoms with Gasteiger partial charge in [0.15, 0.2) is 0 Å². The lowest BCUT2D eigenvalue weighted by Crippen LogP contribution is -2.76. The number of ether oxygens (including phenoxy) is 5. The predicted octanol–water partition coefficient (Wildman–Crippen LogP) is 4.32. The van der Waals surface area contributed by atoms with Crippen LogP contribution in [0.25, 0.3) is 0 Å². The molecule has 7 rings (SSSR count). The first-order valence-electron chi connectivity index (χ1n) is 15.5. The molecule has 0 N–H and O–H groups in total. The fourth-order valence-electron chi connectivity index (χ4n) is 12.0. The number of hydrogen-bond donors (Lipinski definition) is 0. The van der Waals surface area contributed by atoms with Gasteiger partial charge in [-0.3, -0.25) is 9.69 Å². The van der Waals surface area contributed by atoms with Crippen molar-refractivity contribution in [2.75, 3.05) is 34.4 Å². The summed E-state index contributed by atoms with van der Waals surface area (Å²) < 4.78 is 33.2. The third kappa shape index (κ3) is 3.27. The van der Waals surface area contributed by atoms with Crippen LogP contribution in [-0.4, -0.2) is 81.3 Å². The molecule has 1 spiro atoms. The van der Waals surface area contributed by atoms with Gasteiger partial charge in [-0.2, -0.15) is 0 Å². The number of nitrogens with zero attached hydrogens (tertiary/aromatic N) is 1. The quantitative estimate of drug-likeness (QED) is 0.444. The zero-order valence-corrected chi connectivity index (χ0v) is 25.0. The van der Waals surface area contributed by atoms with Gasteiger partial charge < -0.3 is 23.7 Å². The smallest absolute Gasteiger partial charge is 0.302 e. The molecular weight excluding hydrogens is 506 g/mol. The molecule has 7 heteroatoms. The fraction of sp³-hybridized carbons (Fsp3) is 0.788. The third-order valence-corrected chi connectivity index (χ3v) is 12.8. The molecule has 6 fully saturated rings. The number of methoxy groups -OCH3 is 3. The standard InChI is InChI=1S/C33H47NO6/c1-7-34-18-31(3)14-13-24(37-5)33-22-15-21-23(36-4)16-32(38-6,26(30(33)34)28(29(31)33)40-19(2)35)25(22)27(21)39-17-20-11-9-8-10-12-20/h8-12,21-30H,7,13-18H2,1-6H3/t21-,22?,23+,24+,25?,26?,27+,28+,29-,30+,31+,32-,33?/m1/s1. The monoisotopic (exact) mass is 553 g/mol. The Morgan fingerprint density at radius 1 is 1.07 bits per heavy atom. The highest BCUT2D eigenvalue weighted by atomic mass is 16.6. The van der Waals surface area contributed by atoms with Gasteiger partial charge in [-0.15, -0.1) is 0 Å². The molecule has 0 amide bonds. The molecular formula is C33H47NO6. The Morgan fingerprint density at radius 2 is 1.85 bits per heavy atom. The summed E-state index contributed by atoms with van der Waals surface area (Å²) in [5.74, 6) is 0.906. The topological polar surface area (TPSA) is 66.5 Å². The molecule has 1 aromatic rings. The second kappa shape index (κ2) is 9.50. The summed E-state index contributed by atoms with van der Waals surface area (Å²) in [6.07, 6.45) is 3.93. The first-order valence-corrected chi connectivity index (χ1v) is 15.5. The van der Waals surface area contributed by atoms with E-state index in [1.165, 1.54) is 5.56 Å². The van der Waals surface area contributed by atoms with Gasteiger partial charge in [-0.1, -0.05) is 44.2 Å². The normalized spacial score (nSPS) is 50.1. The van der Waals surface area contributed by atoms with Crippen molar-refractivity contribution in [2.45, 2.75) is 89.1 Å². The van der Waals surface area contributed by atoms with Crippen molar-refractivity contribution in [1.82, 2.24) is 4.90 Å². The van der Waals surface area contributed by atoms with Gasteiger partial charge in [0.2, 0.25) is 0 Å². The Balaban J connectivity index is 1.43. The van der Waals surface area contributed by atoms with Gasteiger partial charge in [0.05, 0.1) is 30.5 Å². The molecule has 4 unspecified atom stereocenters. The van der Waals surface area contributed by atoms with Gasteiger partial charge in [-0.25, -0.2) is 0 Å². The Bertz CT molecular complexity index is 1130. The van der Waals surface area contributed by atoms with Crippen molar-refractivity contribution in [1.29, 1.82) is 0 Å². The van der Waals surface area contributed by atoms with Crippen molar-refractivity contribution >= 4 is 5.97 Å². The van der Waals surface area contributed by atoms with Crippen LogP contribution in [0.4, 0.5) is 0 Å². The Morgan fingerprint density at radius 3 is 2.50 bits per heavy atom. The van der Waals surface area contributed by atoms with E-state index in [1.807, 2.05) is 27.4 Å². The maximum absolute atomic E-state index is 12.8. The summed E-state index contributed by atoms with van der Waals surface area (Å²) in [4.78, 5) is 15.6. The summed E-state index contributed by atoms with van der Waals surface area (Å²) in [7, 11) is 5.64. The molecule has 5 aliphatic carbocycles. The average Bonchev–Trinajstić information content (AvgIpc) is 3.38. The lowest BCUT2D eigenvalue weighted by atomic mass is 9.43. The molecule has 7 bridgehead atoms. The minimum absolute atomic E-state index is 0.0149. The minimum Gasteiger partial charge on any atom is -0.462 e. The van der Waals surface area contributed by atoms with Crippen LogP contribution in [0, 0.1) is 40.4 Å². The largest absolute Gasteiger partial charge is 0.462 e. The molecule has 1 saturated heterocycles. The number of piperidine rings is 1. The zero-order valence-electron chi connectivity index (χ0n) is 25.0. The van der Waals surface area contributed by atoms with Gasteiger partial charge in [0.1, 0.15) is 6.10 Å². The van der Waals surface area contributed by atoms with Crippen molar-refractivity contribution in [3.63, 3.8) is 0 Å². The van der Waals surface area contributed by atoms with Gasteiger partial charge in [0.25, 0.3) is 0 Å². The van der Waals surface area contributed by atoms with Crippen LogP contribution < -0.4 is 0 Å². The van der Waals surface area contributed by atoms with E-state index in [2.05, 4.69) is 43.0 Å². The van der Waals surface area contributed by atoms with Gasteiger partial charge in [0, 0.05) is 76.3 Å². The highest BCUT2D eigenvalue weighted by Gasteiger charge is 2.87. The second-order valence-corrected chi connectivity index (χ2v) is 13.9. The molecule has 6 aliphatic rings. The fourth-order valence-corrected chi connectivity index (χ4v) is 12.0. The molecule has 13 atom stereocenters. The van der Waals surface area contributed by atoms with E-state index in [9.17, 15) is 4.79 Å². The molecule has 7 nitrogen and oxygen atoms in total. The molecule has 0 aromatic heterocycles. The highest BCUT2D eigenvalue weighted by Crippen LogP contribution is 2.80. The number of fused-ring (bicyclic) bond motifs is 2. The van der Waals surface area contributed by atoms with E-state index >= 15 is 0 Å². The SMILES string of the molecule is CCN1C[C@]2(C)CC[C@H](OC)C34C5C[C@@H]6[C@@H](OC)C[C@@](OC)(C5[C@H]6OCc5ccccc5)C([C@H]13)[C@H](OC(C)=O)[C@@H]42. The Kier molecular flexibility index (Phi) is 6.49.